The van der Waals surface area contributed by atoms with E-state index in [1.165, 1.54) is 11.6 Å². The molecule has 0 saturated heterocycles. The number of anilines is 1. The van der Waals surface area contributed by atoms with Crippen LogP contribution in [0.5, 0.6) is 0 Å². The molecule has 0 radical (unpaired) electrons. The lowest BCUT2D eigenvalue weighted by Crippen LogP contribution is -2.17. The minimum absolute atomic E-state index is 0.206. The highest BCUT2D eigenvalue weighted by Crippen LogP contribution is 2.22. The number of rotatable bonds is 5. The molecule has 1 N–H and O–H groups in total. The summed E-state index contributed by atoms with van der Waals surface area (Å²) >= 11 is 0. The van der Waals surface area contributed by atoms with Crippen LogP contribution in [0.15, 0.2) is 42.5 Å². The fourth-order valence-corrected chi connectivity index (χ4v) is 2.26. The molecule has 2 aromatic carbocycles. The first-order chi connectivity index (χ1) is 10.1. The van der Waals surface area contributed by atoms with Gasteiger partial charge >= 0.3 is 0 Å². The van der Waals surface area contributed by atoms with Crippen molar-refractivity contribution in [2.75, 3.05) is 5.32 Å². The van der Waals surface area contributed by atoms with Gasteiger partial charge in [0.1, 0.15) is 5.82 Å². The summed E-state index contributed by atoms with van der Waals surface area (Å²) in [6.07, 6.45) is 1.91. The van der Waals surface area contributed by atoms with Gasteiger partial charge < -0.3 is 5.32 Å². The van der Waals surface area contributed by atoms with E-state index in [-0.39, 0.29) is 11.9 Å². The molecule has 0 bridgehead atoms. The van der Waals surface area contributed by atoms with E-state index in [0.717, 1.165) is 12.8 Å². The van der Waals surface area contributed by atoms with Crippen LogP contribution in [0.25, 0.3) is 0 Å². The minimum Gasteiger partial charge on any atom is -0.382 e. The van der Waals surface area contributed by atoms with E-state index in [0.29, 0.717) is 16.8 Å². The Kier molecular flexibility index (Phi) is 4.94. The van der Waals surface area contributed by atoms with Crippen LogP contribution < -0.4 is 5.32 Å². The van der Waals surface area contributed by atoms with Crippen molar-refractivity contribution in [2.45, 2.75) is 32.7 Å². The molecule has 2 aromatic rings. The third kappa shape index (κ3) is 4.06. The third-order valence-corrected chi connectivity index (χ3v) is 3.58. The van der Waals surface area contributed by atoms with E-state index < -0.39 is 0 Å². The van der Waals surface area contributed by atoms with Crippen LogP contribution in [0.4, 0.5) is 10.1 Å². The van der Waals surface area contributed by atoms with Crippen LogP contribution in [0.1, 0.15) is 30.0 Å². The molecule has 0 aliphatic heterocycles. The molecule has 108 valence electrons. The Morgan fingerprint density at radius 1 is 1.24 bits per heavy atom. The highest BCUT2D eigenvalue weighted by molar-refractivity contribution is 5.56. The van der Waals surface area contributed by atoms with E-state index in [4.69, 9.17) is 5.26 Å². The summed E-state index contributed by atoms with van der Waals surface area (Å²) in [6, 6.07) is 15.4. The van der Waals surface area contributed by atoms with Crippen molar-refractivity contribution in [3.63, 3.8) is 0 Å². The number of hydrogen-bond acceptors (Lipinski definition) is 2. The normalized spacial score (nSPS) is 11.7. The summed E-state index contributed by atoms with van der Waals surface area (Å²) in [5, 5.41) is 12.2. The van der Waals surface area contributed by atoms with E-state index in [9.17, 15) is 4.39 Å². The van der Waals surface area contributed by atoms with Crippen LogP contribution in [0.2, 0.25) is 0 Å². The van der Waals surface area contributed by atoms with Crippen molar-refractivity contribution < 1.29 is 4.39 Å². The maximum Gasteiger partial charge on any atom is 0.129 e. The molecule has 0 amide bonds. The maximum absolute atomic E-state index is 13.7. The molecule has 0 heterocycles. The van der Waals surface area contributed by atoms with E-state index in [1.807, 2.05) is 24.3 Å². The Balaban J connectivity index is 2.01. The van der Waals surface area contributed by atoms with Gasteiger partial charge in [-0.3, -0.25) is 0 Å². The minimum atomic E-state index is -0.341. The summed E-state index contributed by atoms with van der Waals surface area (Å²) in [7, 11) is 0. The molecule has 21 heavy (non-hydrogen) atoms. The zero-order valence-electron chi connectivity index (χ0n) is 12.4. The van der Waals surface area contributed by atoms with Crippen molar-refractivity contribution in [1.29, 1.82) is 5.26 Å². The largest absolute Gasteiger partial charge is 0.382 e. The second-order valence-corrected chi connectivity index (χ2v) is 5.31. The van der Waals surface area contributed by atoms with Crippen LogP contribution in [-0.4, -0.2) is 6.04 Å². The van der Waals surface area contributed by atoms with Gasteiger partial charge in [0.25, 0.3) is 0 Å². The Morgan fingerprint density at radius 2 is 1.95 bits per heavy atom. The first-order valence-corrected chi connectivity index (χ1v) is 7.11. The number of hydrogen-bond donors (Lipinski definition) is 1. The Bertz CT molecular complexity index is 644. The van der Waals surface area contributed by atoms with Gasteiger partial charge in [0.15, 0.2) is 0 Å². The number of nitrogens with zero attached hydrogens (tertiary/aromatic N) is 1. The van der Waals surface area contributed by atoms with Gasteiger partial charge in [-0.2, -0.15) is 5.26 Å². The number of benzene rings is 2. The molecular formula is C18H19FN2. The fourth-order valence-electron chi connectivity index (χ4n) is 2.26. The zero-order valence-corrected chi connectivity index (χ0v) is 12.4. The summed E-state index contributed by atoms with van der Waals surface area (Å²) in [4.78, 5) is 0. The summed E-state index contributed by atoms with van der Waals surface area (Å²) < 4.78 is 13.7. The predicted octanol–water partition coefficient (Wildman–Crippen LogP) is 4.44. The van der Waals surface area contributed by atoms with E-state index in [1.54, 1.807) is 13.0 Å². The van der Waals surface area contributed by atoms with E-state index >= 15 is 0 Å². The molecule has 0 aliphatic carbocycles. The van der Waals surface area contributed by atoms with E-state index in [2.05, 4.69) is 24.4 Å². The van der Waals surface area contributed by atoms with Gasteiger partial charge in [-0.1, -0.05) is 30.3 Å². The molecule has 0 saturated carbocycles. The van der Waals surface area contributed by atoms with Crippen molar-refractivity contribution in [2.24, 2.45) is 0 Å². The van der Waals surface area contributed by atoms with Gasteiger partial charge in [0.05, 0.1) is 11.6 Å². The van der Waals surface area contributed by atoms with Gasteiger partial charge in [0.2, 0.25) is 0 Å². The monoisotopic (exact) mass is 282 g/mol. The lowest BCUT2D eigenvalue weighted by molar-refractivity contribution is 0.617. The maximum atomic E-state index is 13.7. The van der Waals surface area contributed by atoms with Crippen LogP contribution in [0, 0.1) is 24.1 Å². The average Bonchev–Trinajstić information content (AvgIpc) is 2.50. The first kappa shape index (κ1) is 15.1. The summed E-state index contributed by atoms with van der Waals surface area (Å²) in [5.41, 5.74) is 2.89. The third-order valence-electron chi connectivity index (χ3n) is 3.58. The molecule has 3 heteroatoms. The number of nitriles is 1. The second-order valence-electron chi connectivity index (χ2n) is 5.31. The van der Waals surface area contributed by atoms with Gasteiger partial charge in [0, 0.05) is 17.3 Å². The standard InChI is InChI=1S/C18H19FN2/c1-13(8-9-15-6-4-3-5-7-15)21-18-11-16(12-20)10-17(19)14(18)2/h3-7,10-11,13,21H,8-9H2,1-2H3. The number of aryl methyl sites for hydroxylation is 1. The Morgan fingerprint density at radius 3 is 2.62 bits per heavy atom. The fraction of sp³-hybridized carbons (Fsp3) is 0.278. The quantitative estimate of drug-likeness (QED) is 0.880. The zero-order chi connectivity index (χ0) is 15.2. The highest BCUT2D eigenvalue weighted by Gasteiger charge is 2.10. The molecule has 2 nitrogen and oxygen atoms in total. The van der Waals surface area contributed by atoms with Crippen molar-refractivity contribution in [1.82, 2.24) is 0 Å². The van der Waals surface area contributed by atoms with Crippen molar-refractivity contribution in [3.8, 4) is 6.07 Å². The van der Waals surface area contributed by atoms with Crippen molar-refractivity contribution in [3.05, 3.63) is 65.0 Å². The molecule has 1 atom stereocenters. The second kappa shape index (κ2) is 6.90. The van der Waals surface area contributed by atoms with Crippen LogP contribution >= 0.6 is 0 Å². The topological polar surface area (TPSA) is 35.8 Å². The highest BCUT2D eigenvalue weighted by atomic mass is 19.1. The first-order valence-electron chi connectivity index (χ1n) is 7.11. The lowest BCUT2D eigenvalue weighted by atomic mass is 10.0. The molecule has 0 spiro atoms. The Labute approximate surface area is 125 Å². The Hall–Kier alpha value is -2.34. The SMILES string of the molecule is Cc1c(F)cc(C#N)cc1NC(C)CCc1ccccc1. The van der Waals surface area contributed by atoms with Crippen LogP contribution in [0.3, 0.4) is 0 Å². The summed E-state index contributed by atoms with van der Waals surface area (Å²) in [5.74, 6) is -0.341. The molecular weight excluding hydrogens is 263 g/mol. The molecule has 0 aliphatic rings. The molecule has 1 unspecified atom stereocenters. The molecule has 2 rings (SSSR count). The van der Waals surface area contributed by atoms with Gasteiger partial charge in [-0.05, 0) is 44.4 Å². The molecule has 0 fully saturated rings. The van der Waals surface area contributed by atoms with Gasteiger partial charge in [-0.25, -0.2) is 4.39 Å². The average molecular weight is 282 g/mol. The lowest BCUT2D eigenvalue weighted by Gasteiger charge is -2.17. The number of halogens is 1. The van der Waals surface area contributed by atoms with Gasteiger partial charge in [-0.15, -0.1) is 0 Å². The smallest absolute Gasteiger partial charge is 0.129 e. The predicted molar refractivity (Wildman–Crippen MR) is 83.7 cm³/mol. The number of nitrogens with one attached hydrogen (secondary N) is 1. The van der Waals surface area contributed by atoms with Crippen LogP contribution in [-0.2, 0) is 6.42 Å². The van der Waals surface area contributed by atoms with Crippen molar-refractivity contribution >= 4 is 5.69 Å². The molecule has 0 aromatic heterocycles. The summed E-state index contributed by atoms with van der Waals surface area (Å²) in [6.45, 7) is 3.79.